The number of hydrogen-bond acceptors (Lipinski definition) is 0. The van der Waals surface area contributed by atoms with Crippen LogP contribution < -0.4 is 0 Å². The highest BCUT2D eigenvalue weighted by atomic mass is 15.3. The third-order valence-corrected chi connectivity index (χ3v) is 3.69. The van der Waals surface area contributed by atoms with Crippen LogP contribution in [0, 0.1) is 5.92 Å². The molecule has 0 aromatic heterocycles. The van der Waals surface area contributed by atoms with E-state index in [1.807, 2.05) is 0 Å². The molecule has 72 valence electrons. The highest BCUT2D eigenvalue weighted by Gasteiger charge is 2.36. The summed E-state index contributed by atoms with van der Waals surface area (Å²) in [6.07, 6.45) is 5.63. The Balaban J connectivity index is 2.66. The van der Waals surface area contributed by atoms with Gasteiger partial charge in [0, 0.05) is 5.92 Å². The van der Waals surface area contributed by atoms with Crippen molar-refractivity contribution >= 4 is 0 Å². The molecular formula is C11H24N+. The summed E-state index contributed by atoms with van der Waals surface area (Å²) in [6.45, 7) is 6.08. The van der Waals surface area contributed by atoms with E-state index in [2.05, 4.69) is 27.9 Å². The predicted octanol–water partition coefficient (Wildman–Crippen LogP) is 2.66. The van der Waals surface area contributed by atoms with Crippen LogP contribution in [0.4, 0.5) is 0 Å². The third-order valence-electron chi connectivity index (χ3n) is 3.69. The number of nitrogens with zero attached hydrogens (tertiary/aromatic N) is 1. The summed E-state index contributed by atoms with van der Waals surface area (Å²) in [5.41, 5.74) is 0. The zero-order chi connectivity index (χ0) is 9.19. The number of hydrogen-bond donors (Lipinski definition) is 0. The number of piperidine rings is 1. The van der Waals surface area contributed by atoms with Gasteiger partial charge in [0.05, 0.1) is 26.7 Å². The average Bonchev–Trinajstić information content (AvgIpc) is 2.02. The molecule has 1 aliphatic heterocycles. The van der Waals surface area contributed by atoms with Gasteiger partial charge in [0.15, 0.2) is 0 Å². The lowest BCUT2D eigenvalue weighted by atomic mass is 9.84. The summed E-state index contributed by atoms with van der Waals surface area (Å²) in [5.74, 6) is 0.985. The molecule has 1 saturated heterocycles. The van der Waals surface area contributed by atoms with Crippen molar-refractivity contribution in [3.63, 3.8) is 0 Å². The topological polar surface area (TPSA) is 0 Å². The molecule has 0 aromatic carbocycles. The van der Waals surface area contributed by atoms with E-state index in [0.29, 0.717) is 0 Å². The van der Waals surface area contributed by atoms with Gasteiger partial charge in [-0.3, -0.25) is 0 Å². The summed E-state index contributed by atoms with van der Waals surface area (Å²) in [5, 5.41) is 0. The van der Waals surface area contributed by atoms with Crippen LogP contribution in [0.1, 0.15) is 39.5 Å². The second kappa shape index (κ2) is 3.78. The summed E-state index contributed by atoms with van der Waals surface area (Å²) < 4.78 is 1.26. The normalized spacial score (nSPS) is 35.0. The smallest absolute Gasteiger partial charge is 0.0911 e. The van der Waals surface area contributed by atoms with Crippen molar-refractivity contribution in [2.75, 3.05) is 20.6 Å². The van der Waals surface area contributed by atoms with Crippen LogP contribution in [0.5, 0.6) is 0 Å². The molecule has 0 saturated carbocycles. The minimum absolute atomic E-state index is 0.920. The van der Waals surface area contributed by atoms with Crippen LogP contribution in [0.15, 0.2) is 0 Å². The Kier molecular flexibility index (Phi) is 3.16. The fraction of sp³-hybridized carbons (Fsp3) is 1.00. The van der Waals surface area contributed by atoms with Crippen LogP contribution in [0.3, 0.4) is 0 Å². The maximum Gasteiger partial charge on any atom is 0.0911 e. The van der Waals surface area contributed by atoms with Gasteiger partial charge in [-0.15, -0.1) is 0 Å². The largest absolute Gasteiger partial charge is 0.326 e. The van der Waals surface area contributed by atoms with Gasteiger partial charge in [-0.1, -0.05) is 13.8 Å². The second-order valence-corrected chi connectivity index (χ2v) is 4.79. The summed E-state index contributed by atoms with van der Waals surface area (Å²) in [6, 6.07) is 0.920. The minimum atomic E-state index is 0.920. The van der Waals surface area contributed by atoms with Gasteiger partial charge < -0.3 is 4.48 Å². The average molecular weight is 170 g/mol. The van der Waals surface area contributed by atoms with Crippen molar-refractivity contribution in [3.05, 3.63) is 0 Å². The Hall–Kier alpha value is -0.0400. The van der Waals surface area contributed by atoms with E-state index in [9.17, 15) is 0 Å². The summed E-state index contributed by atoms with van der Waals surface area (Å²) >= 11 is 0. The van der Waals surface area contributed by atoms with E-state index in [4.69, 9.17) is 0 Å². The van der Waals surface area contributed by atoms with Gasteiger partial charge in [0.2, 0.25) is 0 Å². The van der Waals surface area contributed by atoms with Gasteiger partial charge >= 0.3 is 0 Å². The molecule has 1 aliphatic rings. The molecule has 0 bridgehead atoms. The van der Waals surface area contributed by atoms with E-state index in [1.54, 1.807) is 0 Å². The fourth-order valence-electron chi connectivity index (χ4n) is 2.99. The molecule has 1 fully saturated rings. The number of likely N-dealkylation sites (tertiary alicyclic amines) is 1. The molecule has 1 nitrogen and oxygen atoms in total. The van der Waals surface area contributed by atoms with Crippen LogP contribution in [-0.2, 0) is 0 Å². The van der Waals surface area contributed by atoms with Crippen molar-refractivity contribution in [2.24, 2.45) is 5.92 Å². The van der Waals surface area contributed by atoms with Crippen molar-refractivity contribution < 1.29 is 4.48 Å². The van der Waals surface area contributed by atoms with Crippen LogP contribution in [0.2, 0.25) is 0 Å². The zero-order valence-corrected chi connectivity index (χ0v) is 9.14. The molecule has 0 radical (unpaired) electrons. The molecule has 2 atom stereocenters. The van der Waals surface area contributed by atoms with E-state index in [1.165, 1.54) is 36.7 Å². The fourth-order valence-corrected chi connectivity index (χ4v) is 2.99. The first kappa shape index (κ1) is 10.0. The molecule has 1 heteroatoms. The SMILES string of the molecule is CCC1CCC[N+](C)(C)C1CC. The highest BCUT2D eigenvalue weighted by Crippen LogP contribution is 2.31. The Bertz CT molecular complexity index is 140. The highest BCUT2D eigenvalue weighted by molar-refractivity contribution is 4.72. The molecule has 1 rings (SSSR count). The van der Waals surface area contributed by atoms with E-state index >= 15 is 0 Å². The van der Waals surface area contributed by atoms with Crippen molar-refractivity contribution in [3.8, 4) is 0 Å². The van der Waals surface area contributed by atoms with Gasteiger partial charge in [0.1, 0.15) is 0 Å². The molecule has 0 aliphatic carbocycles. The quantitative estimate of drug-likeness (QED) is 0.559. The summed E-state index contributed by atoms with van der Waals surface area (Å²) in [4.78, 5) is 0. The third kappa shape index (κ3) is 1.82. The van der Waals surface area contributed by atoms with Gasteiger partial charge in [-0.05, 0) is 25.7 Å². The predicted molar refractivity (Wildman–Crippen MR) is 54.1 cm³/mol. The maximum atomic E-state index is 2.40. The van der Waals surface area contributed by atoms with Crippen LogP contribution >= 0.6 is 0 Å². The molecule has 0 aromatic rings. The molecule has 0 N–H and O–H groups in total. The second-order valence-electron chi connectivity index (χ2n) is 4.79. The number of quaternary nitrogens is 1. The van der Waals surface area contributed by atoms with Crippen molar-refractivity contribution in [2.45, 2.75) is 45.6 Å². The van der Waals surface area contributed by atoms with E-state index < -0.39 is 0 Å². The molecule has 0 amide bonds. The lowest BCUT2D eigenvalue weighted by Crippen LogP contribution is -2.55. The Morgan fingerprint density at radius 3 is 2.25 bits per heavy atom. The molecule has 1 heterocycles. The van der Waals surface area contributed by atoms with E-state index in [-0.39, 0.29) is 0 Å². The first-order chi connectivity index (χ1) is 5.61. The molecular weight excluding hydrogens is 146 g/mol. The Labute approximate surface area is 77.4 Å². The van der Waals surface area contributed by atoms with Gasteiger partial charge in [-0.2, -0.15) is 0 Å². The Morgan fingerprint density at radius 2 is 1.83 bits per heavy atom. The first-order valence-electron chi connectivity index (χ1n) is 5.44. The lowest BCUT2D eigenvalue weighted by Gasteiger charge is -2.45. The summed E-state index contributed by atoms with van der Waals surface area (Å²) in [7, 11) is 4.80. The first-order valence-corrected chi connectivity index (χ1v) is 5.44. The van der Waals surface area contributed by atoms with E-state index in [0.717, 1.165) is 12.0 Å². The van der Waals surface area contributed by atoms with Crippen molar-refractivity contribution in [1.29, 1.82) is 0 Å². The van der Waals surface area contributed by atoms with Crippen LogP contribution in [0.25, 0.3) is 0 Å². The van der Waals surface area contributed by atoms with Gasteiger partial charge in [-0.25, -0.2) is 0 Å². The minimum Gasteiger partial charge on any atom is -0.326 e. The maximum absolute atomic E-state index is 2.40. The number of rotatable bonds is 2. The lowest BCUT2D eigenvalue weighted by molar-refractivity contribution is -0.924. The molecule has 12 heavy (non-hydrogen) atoms. The Morgan fingerprint density at radius 1 is 1.17 bits per heavy atom. The van der Waals surface area contributed by atoms with Gasteiger partial charge in [0.25, 0.3) is 0 Å². The monoisotopic (exact) mass is 170 g/mol. The standard InChI is InChI=1S/C11H24N/c1-5-10-8-7-9-12(3,4)11(10)6-2/h10-11H,5-9H2,1-4H3/q+1. The van der Waals surface area contributed by atoms with Crippen molar-refractivity contribution in [1.82, 2.24) is 0 Å². The molecule has 0 spiro atoms. The molecule has 2 unspecified atom stereocenters. The van der Waals surface area contributed by atoms with Crippen LogP contribution in [-0.4, -0.2) is 31.2 Å². The zero-order valence-electron chi connectivity index (χ0n) is 9.14.